The summed E-state index contributed by atoms with van der Waals surface area (Å²) in [6.45, 7) is 9.49. The van der Waals surface area contributed by atoms with Crippen LogP contribution < -0.4 is 0 Å². The van der Waals surface area contributed by atoms with Gasteiger partial charge in [0.25, 0.3) is 5.91 Å². The summed E-state index contributed by atoms with van der Waals surface area (Å²) in [5.41, 5.74) is 3.67. The molecule has 2 amide bonds. The van der Waals surface area contributed by atoms with E-state index in [0.29, 0.717) is 57.6 Å². The second kappa shape index (κ2) is 11.5. The molecule has 3 aromatic rings. The van der Waals surface area contributed by atoms with Crippen LogP contribution in [0.3, 0.4) is 0 Å². The van der Waals surface area contributed by atoms with Crippen molar-refractivity contribution in [3.8, 4) is 0 Å². The van der Waals surface area contributed by atoms with Gasteiger partial charge in [-0.25, -0.2) is 9.37 Å². The van der Waals surface area contributed by atoms with E-state index in [2.05, 4.69) is 48.0 Å². The van der Waals surface area contributed by atoms with Crippen LogP contribution in [-0.2, 0) is 24.4 Å². The zero-order chi connectivity index (χ0) is 25.7. The molecule has 0 atom stereocenters. The van der Waals surface area contributed by atoms with Crippen molar-refractivity contribution in [2.75, 3.05) is 26.2 Å². The molecule has 0 saturated carbocycles. The Labute approximate surface area is 211 Å². The lowest BCUT2D eigenvalue weighted by Crippen LogP contribution is -2.50. The average molecular weight is 493 g/mol. The van der Waals surface area contributed by atoms with Gasteiger partial charge >= 0.3 is 0 Å². The van der Waals surface area contributed by atoms with E-state index < -0.39 is 0 Å². The number of oxazole rings is 1. The molecule has 1 saturated heterocycles. The summed E-state index contributed by atoms with van der Waals surface area (Å²) in [5, 5.41) is 0. The Kier molecular flexibility index (Phi) is 8.15. The van der Waals surface area contributed by atoms with Crippen LogP contribution in [0.1, 0.15) is 59.8 Å². The summed E-state index contributed by atoms with van der Waals surface area (Å²) in [7, 11) is 0. The Morgan fingerprint density at radius 3 is 2.03 bits per heavy atom. The smallest absolute Gasteiger partial charge is 0.275 e. The van der Waals surface area contributed by atoms with Crippen LogP contribution in [0.15, 0.2) is 59.2 Å². The molecule has 0 spiro atoms. The molecule has 36 heavy (non-hydrogen) atoms. The minimum absolute atomic E-state index is 0.0194. The monoisotopic (exact) mass is 492 g/mol. The largest absolute Gasteiger partial charge is 0.447 e. The Morgan fingerprint density at radius 1 is 0.917 bits per heavy atom. The number of carbonyl (C=O) groups excluding carboxylic acids is 2. The summed E-state index contributed by atoms with van der Waals surface area (Å²) in [6, 6.07) is 15.0. The number of amides is 2. The Balaban J connectivity index is 1.45. The lowest BCUT2D eigenvalue weighted by molar-refractivity contribution is -0.130. The molecule has 1 aromatic heterocycles. The van der Waals surface area contributed by atoms with Crippen LogP contribution in [0.25, 0.3) is 0 Å². The summed E-state index contributed by atoms with van der Waals surface area (Å²) >= 11 is 0. The second-order valence-corrected chi connectivity index (χ2v) is 9.59. The average Bonchev–Trinajstić information content (AvgIpc) is 3.33. The fourth-order valence-corrected chi connectivity index (χ4v) is 4.34. The molecule has 2 aromatic carbocycles. The maximum absolute atomic E-state index is 13.4. The summed E-state index contributed by atoms with van der Waals surface area (Å²) in [4.78, 5) is 34.5. The highest BCUT2D eigenvalue weighted by molar-refractivity contribution is 5.92. The van der Waals surface area contributed by atoms with Crippen molar-refractivity contribution in [1.29, 1.82) is 0 Å². The second-order valence-electron chi connectivity index (χ2n) is 9.59. The molecule has 0 bridgehead atoms. The number of carbonyl (C=O) groups is 2. The SMILES string of the molecule is CC(=O)N1CCN(C(=O)c2coc(CN(Cc3ccc(F)cc3)Cc3ccc(C(C)C)cc3)n2)CC1. The lowest BCUT2D eigenvalue weighted by atomic mass is 10.0. The third-order valence-corrected chi connectivity index (χ3v) is 6.51. The van der Waals surface area contributed by atoms with Crippen molar-refractivity contribution >= 4 is 11.8 Å². The molecule has 1 fully saturated rings. The Morgan fingerprint density at radius 2 is 1.47 bits per heavy atom. The number of aromatic nitrogens is 1. The quantitative estimate of drug-likeness (QED) is 0.465. The van der Waals surface area contributed by atoms with E-state index in [1.165, 1.54) is 30.9 Å². The molecule has 2 heterocycles. The first-order valence-electron chi connectivity index (χ1n) is 12.3. The zero-order valence-corrected chi connectivity index (χ0v) is 21.1. The molecule has 190 valence electrons. The van der Waals surface area contributed by atoms with Gasteiger partial charge in [0, 0.05) is 46.2 Å². The van der Waals surface area contributed by atoms with Gasteiger partial charge in [0.05, 0.1) is 6.54 Å². The molecular formula is C28H33FN4O3. The third kappa shape index (κ3) is 6.57. The van der Waals surface area contributed by atoms with E-state index in [1.807, 2.05) is 0 Å². The maximum Gasteiger partial charge on any atom is 0.275 e. The van der Waals surface area contributed by atoms with Crippen molar-refractivity contribution in [1.82, 2.24) is 19.7 Å². The minimum Gasteiger partial charge on any atom is -0.447 e. The van der Waals surface area contributed by atoms with Gasteiger partial charge in [-0.15, -0.1) is 0 Å². The molecule has 1 aliphatic rings. The Hall–Kier alpha value is -3.52. The van der Waals surface area contributed by atoms with Gasteiger partial charge in [-0.2, -0.15) is 0 Å². The molecule has 0 radical (unpaired) electrons. The van der Waals surface area contributed by atoms with E-state index in [1.54, 1.807) is 21.9 Å². The molecule has 8 heteroatoms. The molecule has 0 N–H and O–H groups in total. The fraction of sp³-hybridized carbons (Fsp3) is 0.393. The first-order valence-corrected chi connectivity index (χ1v) is 12.3. The van der Waals surface area contributed by atoms with E-state index in [4.69, 9.17) is 4.42 Å². The predicted octanol–water partition coefficient (Wildman–Crippen LogP) is 4.44. The van der Waals surface area contributed by atoms with Crippen LogP contribution in [0.2, 0.25) is 0 Å². The molecule has 0 unspecified atom stereocenters. The van der Waals surface area contributed by atoms with Gasteiger partial charge in [-0.1, -0.05) is 50.2 Å². The van der Waals surface area contributed by atoms with Crippen molar-refractivity contribution in [3.63, 3.8) is 0 Å². The predicted molar refractivity (Wildman–Crippen MR) is 135 cm³/mol. The van der Waals surface area contributed by atoms with Crippen molar-refractivity contribution < 1.29 is 18.4 Å². The van der Waals surface area contributed by atoms with Gasteiger partial charge < -0.3 is 14.2 Å². The van der Waals surface area contributed by atoms with Gasteiger partial charge in [0.15, 0.2) is 5.69 Å². The van der Waals surface area contributed by atoms with Crippen LogP contribution in [0.4, 0.5) is 4.39 Å². The summed E-state index contributed by atoms with van der Waals surface area (Å²) in [5.74, 6) is 0.466. The number of hydrogen-bond donors (Lipinski definition) is 0. The van der Waals surface area contributed by atoms with E-state index >= 15 is 0 Å². The third-order valence-electron chi connectivity index (χ3n) is 6.51. The van der Waals surface area contributed by atoms with Gasteiger partial charge in [-0.3, -0.25) is 14.5 Å². The maximum atomic E-state index is 13.4. The van der Waals surface area contributed by atoms with Crippen LogP contribution in [0.5, 0.6) is 0 Å². The van der Waals surface area contributed by atoms with E-state index in [-0.39, 0.29) is 23.3 Å². The van der Waals surface area contributed by atoms with Crippen molar-refractivity contribution in [3.05, 3.63) is 88.9 Å². The number of hydrogen-bond acceptors (Lipinski definition) is 5. The van der Waals surface area contributed by atoms with Crippen LogP contribution in [-0.4, -0.2) is 57.7 Å². The fourth-order valence-electron chi connectivity index (χ4n) is 4.34. The number of rotatable bonds is 8. The van der Waals surface area contributed by atoms with Gasteiger partial charge in [0.2, 0.25) is 11.8 Å². The number of piperazine rings is 1. The summed E-state index contributed by atoms with van der Waals surface area (Å²) < 4.78 is 19.1. The molecule has 7 nitrogen and oxygen atoms in total. The minimum atomic E-state index is -0.269. The van der Waals surface area contributed by atoms with Crippen LogP contribution >= 0.6 is 0 Å². The number of benzene rings is 2. The van der Waals surface area contributed by atoms with Gasteiger partial charge in [-0.05, 0) is 34.7 Å². The molecule has 4 rings (SSSR count). The highest BCUT2D eigenvalue weighted by Gasteiger charge is 2.25. The number of halogens is 1. The topological polar surface area (TPSA) is 69.9 Å². The van der Waals surface area contributed by atoms with Crippen LogP contribution in [0, 0.1) is 5.82 Å². The molecule has 1 aliphatic heterocycles. The van der Waals surface area contributed by atoms with Crippen molar-refractivity contribution in [2.45, 2.75) is 46.3 Å². The first-order chi connectivity index (χ1) is 17.3. The molecular weight excluding hydrogens is 459 g/mol. The van der Waals surface area contributed by atoms with Crippen molar-refractivity contribution in [2.24, 2.45) is 0 Å². The number of nitrogens with zero attached hydrogens (tertiary/aromatic N) is 4. The normalized spacial score (nSPS) is 14.1. The first kappa shape index (κ1) is 25.6. The highest BCUT2D eigenvalue weighted by Crippen LogP contribution is 2.19. The highest BCUT2D eigenvalue weighted by atomic mass is 19.1. The Bertz CT molecular complexity index is 1170. The van der Waals surface area contributed by atoms with E-state index in [0.717, 1.165) is 11.1 Å². The zero-order valence-electron chi connectivity index (χ0n) is 21.1. The van der Waals surface area contributed by atoms with Gasteiger partial charge in [0.1, 0.15) is 12.1 Å². The lowest BCUT2D eigenvalue weighted by Gasteiger charge is -2.33. The molecule has 0 aliphatic carbocycles. The summed E-state index contributed by atoms with van der Waals surface area (Å²) in [6.07, 6.45) is 1.41. The van der Waals surface area contributed by atoms with E-state index in [9.17, 15) is 14.0 Å². The standard InChI is InChI=1S/C28H33FN4O3/c1-20(2)24-8-4-22(5-9-24)16-31(17-23-6-10-25(29)11-7-23)18-27-30-26(19-36-27)28(35)33-14-12-32(13-15-33)21(3)34/h4-11,19-20H,12-18H2,1-3H3.